The van der Waals surface area contributed by atoms with Crippen molar-refractivity contribution in [3.8, 4) is 0 Å². The third-order valence-electron chi connectivity index (χ3n) is 4.96. The molecule has 0 spiro atoms. The van der Waals surface area contributed by atoms with Gasteiger partial charge in [0, 0.05) is 51.3 Å². The highest BCUT2D eigenvalue weighted by Gasteiger charge is 2.34. The van der Waals surface area contributed by atoms with Crippen molar-refractivity contribution in [3.63, 3.8) is 0 Å². The Bertz CT molecular complexity index is 732. The third-order valence-corrected chi connectivity index (χ3v) is 5.58. The molecule has 2 amide bonds. The van der Waals surface area contributed by atoms with Crippen molar-refractivity contribution in [1.82, 2.24) is 4.90 Å². The standard InChI is InChI=1S/C18H21Cl2N3O3/c1-2-16(24)22-7-5-21(6-8-22)15-4-3-13(10-14(15)19)23-11-12(18(20)26)9-17(23)25/h3-4,10,12H,2,5-9,11H2,1H3. The summed E-state index contributed by atoms with van der Waals surface area (Å²) in [5, 5.41) is 0.0642. The number of rotatable bonds is 4. The molecule has 2 saturated heterocycles. The van der Waals surface area contributed by atoms with Crippen LogP contribution in [0.5, 0.6) is 0 Å². The van der Waals surface area contributed by atoms with Crippen molar-refractivity contribution < 1.29 is 14.4 Å². The van der Waals surface area contributed by atoms with E-state index in [0.717, 1.165) is 18.8 Å². The van der Waals surface area contributed by atoms with Crippen molar-refractivity contribution in [1.29, 1.82) is 0 Å². The van der Waals surface area contributed by atoms with Gasteiger partial charge in [-0.25, -0.2) is 0 Å². The molecule has 140 valence electrons. The highest BCUT2D eigenvalue weighted by atomic mass is 35.5. The van der Waals surface area contributed by atoms with E-state index in [1.54, 1.807) is 11.0 Å². The van der Waals surface area contributed by atoms with Crippen molar-refractivity contribution in [2.75, 3.05) is 42.5 Å². The minimum atomic E-state index is -0.483. The zero-order valence-electron chi connectivity index (χ0n) is 14.6. The molecule has 2 aliphatic rings. The first kappa shape index (κ1) is 19.0. The molecule has 26 heavy (non-hydrogen) atoms. The maximum Gasteiger partial charge on any atom is 0.227 e. The lowest BCUT2D eigenvalue weighted by atomic mass is 10.1. The molecule has 0 N–H and O–H groups in total. The summed E-state index contributed by atoms with van der Waals surface area (Å²) >= 11 is 12.0. The van der Waals surface area contributed by atoms with Gasteiger partial charge in [0.15, 0.2) is 0 Å². The molecular weight excluding hydrogens is 377 g/mol. The number of benzene rings is 1. The lowest BCUT2D eigenvalue weighted by Gasteiger charge is -2.36. The number of amides is 2. The molecule has 6 nitrogen and oxygen atoms in total. The van der Waals surface area contributed by atoms with Crippen molar-refractivity contribution >= 4 is 51.6 Å². The molecule has 0 radical (unpaired) electrons. The Kier molecular flexibility index (Phi) is 5.73. The van der Waals surface area contributed by atoms with Crippen molar-refractivity contribution in [2.45, 2.75) is 19.8 Å². The van der Waals surface area contributed by atoms with Gasteiger partial charge in [-0.05, 0) is 29.8 Å². The van der Waals surface area contributed by atoms with Crippen LogP contribution in [0.4, 0.5) is 11.4 Å². The van der Waals surface area contributed by atoms with Crippen LogP contribution in [0, 0.1) is 5.92 Å². The number of hydrogen-bond acceptors (Lipinski definition) is 4. The number of nitrogens with zero attached hydrogens (tertiary/aromatic N) is 3. The molecule has 8 heteroatoms. The Labute approximate surface area is 162 Å². The van der Waals surface area contributed by atoms with Crippen LogP contribution in [-0.2, 0) is 14.4 Å². The van der Waals surface area contributed by atoms with Gasteiger partial charge in [0.1, 0.15) is 0 Å². The van der Waals surface area contributed by atoms with E-state index < -0.39 is 11.2 Å². The van der Waals surface area contributed by atoms with Gasteiger partial charge in [0.2, 0.25) is 17.1 Å². The number of carbonyl (C=O) groups excluding carboxylic acids is 3. The van der Waals surface area contributed by atoms with E-state index >= 15 is 0 Å². The summed E-state index contributed by atoms with van der Waals surface area (Å²) in [6, 6.07) is 5.47. The van der Waals surface area contributed by atoms with Crippen molar-refractivity contribution in [2.24, 2.45) is 5.92 Å². The molecule has 0 saturated carbocycles. The fourth-order valence-electron chi connectivity index (χ4n) is 3.45. The number of anilines is 2. The third kappa shape index (κ3) is 3.81. The molecular formula is C18H21Cl2N3O3. The Hall–Kier alpha value is -1.79. The predicted octanol–water partition coefficient (Wildman–Crippen LogP) is 2.52. The Balaban J connectivity index is 1.70. The summed E-state index contributed by atoms with van der Waals surface area (Å²) in [5.41, 5.74) is 1.56. The molecule has 2 aliphatic heterocycles. The monoisotopic (exact) mass is 397 g/mol. The molecule has 0 aliphatic carbocycles. The second kappa shape index (κ2) is 7.84. The minimum absolute atomic E-state index is 0.125. The normalized spacial score (nSPS) is 20.7. The van der Waals surface area contributed by atoms with E-state index in [2.05, 4.69) is 4.90 Å². The second-order valence-electron chi connectivity index (χ2n) is 6.57. The lowest BCUT2D eigenvalue weighted by molar-refractivity contribution is -0.131. The Morgan fingerprint density at radius 3 is 2.42 bits per heavy atom. The SMILES string of the molecule is CCC(=O)N1CCN(c2ccc(N3CC(C(=O)Cl)CC3=O)cc2Cl)CC1. The van der Waals surface area contributed by atoms with Gasteiger partial charge in [-0.1, -0.05) is 18.5 Å². The summed E-state index contributed by atoms with van der Waals surface area (Å²) < 4.78 is 0. The van der Waals surface area contributed by atoms with Gasteiger partial charge in [0.05, 0.1) is 16.6 Å². The number of halogens is 2. The number of piperazine rings is 1. The molecule has 3 rings (SSSR count). The molecule has 1 aromatic carbocycles. The molecule has 1 atom stereocenters. The topological polar surface area (TPSA) is 60.9 Å². The van der Waals surface area contributed by atoms with Crippen molar-refractivity contribution in [3.05, 3.63) is 23.2 Å². The molecule has 0 aromatic heterocycles. The highest BCUT2D eigenvalue weighted by molar-refractivity contribution is 6.64. The van der Waals surface area contributed by atoms with Crippen LogP contribution in [-0.4, -0.2) is 54.7 Å². The molecule has 2 heterocycles. The van der Waals surface area contributed by atoms with Gasteiger partial charge < -0.3 is 14.7 Å². The van der Waals surface area contributed by atoms with Gasteiger partial charge in [-0.2, -0.15) is 0 Å². The van der Waals surface area contributed by atoms with E-state index in [1.807, 2.05) is 24.0 Å². The van der Waals surface area contributed by atoms with E-state index in [9.17, 15) is 14.4 Å². The zero-order chi connectivity index (χ0) is 18.8. The highest BCUT2D eigenvalue weighted by Crippen LogP contribution is 2.34. The number of hydrogen-bond donors (Lipinski definition) is 0. The first-order valence-corrected chi connectivity index (χ1v) is 9.48. The summed E-state index contributed by atoms with van der Waals surface area (Å²) in [6.45, 7) is 4.94. The van der Waals surface area contributed by atoms with Crippen LogP contribution >= 0.6 is 23.2 Å². The second-order valence-corrected chi connectivity index (χ2v) is 7.35. The van der Waals surface area contributed by atoms with E-state index in [1.165, 1.54) is 0 Å². The smallest absolute Gasteiger partial charge is 0.227 e. The van der Waals surface area contributed by atoms with E-state index in [0.29, 0.717) is 30.2 Å². The average molecular weight is 398 g/mol. The first-order chi connectivity index (χ1) is 12.4. The first-order valence-electron chi connectivity index (χ1n) is 8.72. The van der Waals surface area contributed by atoms with Gasteiger partial charge in [-0.15, -0.1) is 0 Å². The number of carbonyl (C=O) groups is 3. The molecule has 2 fully saturated rings. The van der Waals surface area contributed by atoms with Gasteiger partial charge >= 0.3 is 0 Å². The van der Waals surface area contributed by atoms with E-state index in [4.69, 9.17) is 23.2 Å². The fraction of sp³-hybridized carbons (Fsp3) is 0.500. The van der Waals surface area contributed by atoms with Crippen LogP contribution in [0.1, 0.15) is 19.8 Å². The van der Waals surface area contributed by atoms with Crippen LogP contribution in [0.2, 0.25) is 5.02 Å². The minimum Gasteiger partial charge on any atom is -0.367 e. The largest absolute Gasteiger partial charge is 0.367 e. The molecule has 1 unspecified atom stereocenters. The van der Waals surface area contributed by atoms with E-state index in [-0.39, 0.29) is 24.8 Å². The average Bonchev–Trinajstić information content (AvgIpc) is 3.03. The van der Waals surface area contributed by atoms with Gasteiger partial charge in [-0.3, -0.25) is 14.4 Å². The maximum atomic E-state index is 12.1. The fourth-order valence-corrected chi connectivity index (χ4v) is 3.89. The van der Waals surface area contributed by atoms with Crippen LogP contribution in [0.15, 0.2) is 18.2 Å². The quantitative estimate of drug-likeness (QED) is 0.732. The summed E-state index contributed by atoms with van der Waals surface area (Å²) in [7, 11) is 0. The summed E-state index contributed by atoms with van der Waals surface area (Å²) in [4.78, 5) is 40.8. The van der Waals surface area contributed by atoms with Crippen LogP contribution in [0.3, 0.4) is 0 Å². The zero-order valence-corrected chi connectivity index (χ0v) is 16.1. The Morgan fingerprint density at radius 2 is 1.88 bits per heavy atom. The Morgan fingerprint density at radius 1 is 1.19 bits per heavy atom. The maximum absolute atomic E-state index is 12.1. The van der Waals surface area contributed by atoms with Crippen LogP contribution in [0.25, 0.3) is 0 Å². The summed E-state index contributed by atoms with van der Waals surface area (Å²) in [6.07, 6.45) is 0.653. The van der Waals surface area contributed by atoms with Gasteiger partial charge in [0.25, 0.3) is 0 Å². The predicted molar refractivity (Wildman–Crippen MR) is 102 cm³/mol. The molecule has 1 aromatic rings. The summed E-state index contributed by atoms with van der Waals surface area (Å²) in [5.74, 6) is -0.423. The molecule has 0 bridgehead atoms. The lowest BCUT2D eigenvalue weighted by Crippen LogP contribution is -2.48. The van der Waals surface area contributed by atoms with Crippen LogP contribution < -0.4 is 9.80 Å².